The molecule has 0 radical (unpaired) electrons. The molecule has 1 aliphatic carbocycles. The minimum absolute atomic E-state index is 0.529. The largest absolute Gasteiger partial charge is 0.381 e. The summed E-state index contributed by atoms with van der Waals surface area (Å²) in [5.41, 5.74) is 1.32. The zero-order chi connectivity index (χ0) is 13.2. The van der Waals surface area contributed by atoms with Crippen LogP contribution < -0.4 is 5.32 Å². The van der Waals surface area contributed by atoms with Gasteiger partial charge in [-0.1, -0.05) is 13.8 Å². The number of ether oxygens (including phenoxy) is 1. The summed E-state index contributed by atoms with van der Waals surface area (Å²) in [6.45, 7) is 7.32. The number of rotatable bonds is 5. The van der Waals surface area contributed by atoms with Crippen molar-refractivity contribution in [2.24, 2.45) is 0 Å². The summed E-state index contributed by atoms with van der Waals surface area (Å²) in [6.07, 6.45) is 4.98. The first-order valence-corrected chi connectivity index (χ1v) is 8.36. The van der Waals surface area contributed by atoms with Gasteiger partial charge in [-0.25, -0.2) is 4.98 Å². The molecule has 2 heterocycles. The van der Waals surface area contributed by atoms with E-state index in [0.717, 1.165) is 38.6 Å². The van der Waals surface area contributed by atoms with Gasteiger partial charge in [-0.15, -0.1) is 11.3 Å². The molecule has 1 N–H and O–H groups in total. The lowest BCUT2D eigenvalue weighted by atomic mass is 10.0. The summed E-state index contributed by atoms with van der Waals surface area (Å²) in [4.78, 5) is 6.42. The van der Waals surface area contributed by atoms with Gasteiger partial charge in [0.2, 0.25) is 0 Å². The van der Waals surface area contributed by atoms with Crippen molar-refractivity contribution in [1.29, 1.82) is 0 Å². The Morgan fingerprint density at radius 2 is 2.00 bits per heavy atom. The van der Waals surface area contributed by atoms with E-state index in [1.54, 1.807) is 0 Å². The molecule has 1 aliphatic heterocycles. The number of nitrogens with zero attached hydrogens (tertiary/aromatic N) is 1. The Kier molecular flexibility index (Phi) is 4.20. The van der Waals surface area contributed by atoms with E-state index in [1.807, 2.05) is 11.3 Å². The molecule has 4 heteroatoms. The fraction of sp³-hybridized carbons (Fsp3) is 0.800. The van der Waals surface area contributed by atoms with Crippen LogP contribution >= 0.6 is 11.3 Å². The van der Waals surface area contributed by atoms with E-state index in [1.165, 1.54) is 28.4 Å². The minimum Gasteiger partial charge on any atom is -0.381 e. The molecule has 0 bridgehead atoms. The number of thiazole rings is 1. The molecule has 1 saturated heterocycles. The molecule has 1 aromatic heterocycles. The van der Waals surface area contributed by atoms with Gasteiger partial charge >= 0.3 is 0 Å². The minimum atomic E-state index is 0.529. The van der Waals surface area contributed by atoms with Crippen LogP contribution in [0.2, 0.25) is 0 Å². The molecule has 0 amide bonds. The van der Waals surface area contributed by atoms with Crippen LogP contribution in [0.25, 0.3) is 0 Å². The summed E-state index contributed by atoms with van der Waals surface area (Å²) in [6, 6.07) is 0.772. The van der Waals surface area contributed by atoms with Crippen LogP contribution in [-0.2, 0) is 11.3 Å². The van der Waals surface area contributed by atoms with Crippen molar-refractivity contribution in [2.75, 3.05) is 13.2 Å². The fourth-order valence-corrected chi connectivity index (χ4v) is 3.94. The predicted octanol–water partition coefficient (Wildman–Crippen LogP) is 3.41. The molecule has 0 unspecified atom stereocenters. The van der Waals surface area contributed by atoms with Crippen molar-refractivity contribution in [3.8, 4) is 0 Å². The average Bonchev–Trinajstić information content (AvgIpc) is 3.15. The second-order valence-corrected chi connectivity index (χ2v) is 7.17. The lowest BCUT2D eigenvalue weighted by Crippen LogP contribution is -2.15. The van der Waals surface area contributed by atoms with Crippen LogP contribution in [0.15, 0.2) is 0 Å². The van der Waals surface area contributed by atoms with Crippen LogP contribution in [0.3, 0.4) is 0 Å². The molecule has 3 rings (SSSR count). The quantitative estimate of drug-likeness (QED) is 0.897. The zero-order valence-electron chi connectivity index (χ0n) is 11.9. The Bertz CT molecular complexity index is 420. The maximum absolute atomic E-state index is 5.46. The SMILES string of the molecule is CC(C)c1nc(C2CCOCC2)sc1CNC1CC1. The second kappa shape index (κ2) is 5.90. The Morgan fingerprint density at radius 3 is 2.63 bits per heavy atom. The third kappa shape index (κ3) is 3.36. The highest BCUT2D eigenvalue weighted by atomic mass is 32.1. The van der Waals surface area contributed by atoms with E-state index in [2.05, 4.69) is 19.2 Å². The summed E-state index contributed by atoms with van der Waals surface area (Å²) in [7, 11) is 0. The van der Waals surface area contributed by atoms with E-state index in [-0.39, 0.29) is 0 Å². The Hall–Kier alpha value is -0.450. The summed E-state index contributed by atoms with van der Waals surface area (Å²) in [5.74, 6) is 1.16. The first kappa shape index (κ1) is 13.5. The molecule has 0 spiro atoms. The molecular formula is C15H24N2OS. The van der Waals surface area contributed by atoms with Gasteiger partial charge in [-0.05, 0) is 31.6 Å². The van der Waals surface area contributed by atoms with Crippen molar-refractivity contribution >= 4 is 11.3 Å². The highest BCUT2D eigenvalue weighted by molar-refractivity contribution is 7.11. The average molecular weight is 280 g/mol. The molecule has 1 saturated carbocycles. The molecule has 1 aromatic rings. The normalized spacial score (nSPS) is 21.2. The Balaban J connectivity index is 1.74. The molecule has 0 aromatic carbocycles. The van der Waals surface area contributed by atoms with Crippen LogP contribution in [0, 0.1) is 0 Å². The fourth-order valence-electron chi connectivity index (χ4n) is 2.60. The third-order valence-corrected chi connectivity index (χ3v) is 5.22. The van der Waals surface area contributed by atoms with Crippen LogP contribution in [-0.4, -0.2) is 24.2 Å². The molecule has 2 fully saturated rings. The van der Waals surface area contributed by atoms with E-state index in [9.17, 15) is 0 Å². The van der Waals surface area contributed by atoms with Gasteiger partial charge < -0.3 is 10.1 Å². The molecular weight excluding hydrogens is 256 g/mol. The number of aromatic nitrogens is 1. The molecule has 19 heavy (non-hydrogen) atoms. The summed E-state index contributed by atoms with van der Waals surface area (Å²) in [5, 5.41) is 4.98. The summed E-state index contributed by atoms with van der Waals surface area (Å²) < 4.78 is 5.46. The van der Waals surface area contributed by atoms with Crippen molar-refractivity contribution in [2.45, 2.75) is 64.0 Å². The summed E-state index contributed by atoms with van der Waals surface area (Å²) >= 11 is 1.93. The zero-order valence-corrected chi connectivity index (χ0v) is 12.8. The van der Waals surface area contributed by atoms with E-state index >= 15 is 0 Å². The smallest absolute Gasteiger partial charge is 0.0964 e. The second-order valence-electron chi connectivity index (χ2n) is 6.06. The van der Waals surface area contributed by atoms with Gasteiger partial charge in [0.05, 0.1) is 10.7 Å². The highest BCUT2D eigenvalue weighted by Gasteiger charge is 2.25. The predicted molar refractivity (Wildman–Crippen MR) is 78.9 cm³/mol. The van der Waals surface area contributed by atoms with Gasteiger partial charge in [0.1, 0.15) is 0 Å². The monoisotopic (exact) mass is 280 g/mol. The van der Waals surface area contributed by atoms with Gasteiger partial charge in [-0.2, -0.15) is 0 Å². The Labute approximate surface area is 119 Å². The number of nitrogens with one attached hydrogen (secondary N) is 1. The molecule has 0 atom stereocenters. The van der Waals surface area contributed by atoms with Crippen molar-refractivity contribution in [3.05, 3.63) is 15.6 Å². The lowest BCUT2D eigenvalue weighted by molar-refractivity contribution is 0.0852. The topological polar surface area (TPSA) is 34.1 Å². The molecule has 106 valence electrons. The Morgan fingerprint density at radius 1 is 1.26 bits per heavy atom. The van der Waals surface area contributed by atoms with E-state index in [4.69, 9.17) is 9.72 Å². The maximum atomic E-state index is 5.46. The first-order chi connectivity index (χ1) is 9.24. The van der Waals surface area contributed by atoms with Crippen molar-refractivity contribution < 1.29 is 4.74 Å². The van der Waals surface area contributed by atoms with Crippen LogP contribution in [0.4, 0.5) is 0 Å². The number of hydrogen-bond acceptors (Lipinski definition) is 4. The third-order valence-electron chi connectivity index (χ3n) is 3.99. The molecule has 3 nitrogen and oxygen atoms in total. The maximum Gasteiger partial charge on any atom is 0.0964 e. The first-order valence-electron chi connectivity index (χ1n) is 7.54. The van der Waals surface area contributed by atoms with Crippen LogP contribution in [0.1, 0.15) is 66.9 Å². The van der Waals surface area contributed by atoms with Crippen LogP contribution in [0.5, 0.6) is 0 Å². The molecule has 2 aliphatic rings. The van der Waals surface area contributed by atoms with Gasteiger partial charge in [0, 0.05) is 36.6 Å². The van der Waals surface area contributed by atoms with Crippen molar-refractivity contribution in [3.63, 3.8) is 0 Å². The standard InChI is InChI=1S/C15H24N2OS/c1-10(2)14-13(9-16-12-3-4-12)19-15(17-14)11-5-7-18-8-6-11/h10-12,16H,3-9H2,1-2H3. The van der Waals surface area contributed by atoms with E-state index in [0.29, 0.717) is 11.8 Å². The van der Waals surface area contributed by atoms with E-state index < -0.39 is 0 Å². The van der Waals surface area contributed by atoms with Crippen molar-refractivity contribution in [1.82, 2.24) is 10.3 Å². The van der Waals surface area contributed by atoms with Gasteiger partial charge in [0.15, 0.2) is 0 Å². The number of hydrogen-bond donors (Lipinski definition) is 1. The van der Waals surface area contributed by atoms with Gasteiger partial charge in [0.25, 0.3) is 0 Å². The highest BCUT2D eigenvalue weighted by Crippen LogP contribution is 2.34. The lowest BCUT2D eigenvalue weighted by Gasteiger charge is -2.19. The van der Waals surface area contributed by atoms with Gasteiger partial charge in [-0.3, -0.25) is 0 Å².